The number of nitrogens with zero attached hydrogens (tertiary/aromatic N) is 1. The first kappa shape index (κ1) is 18.2. The highest BCUT2D eigenvalue weighted by Gasteiger charge is 2.11. The first-order chi connectivity index (χ1) is 12.4. The van der Waals surface area contributed by atoms with Crippen molar-refractivity contribution >= 4 is 17.2 Å². The van der Waals surface area contributed by atoms with Crippen LogP contribution in [-0.4, -0.2) is 17.5 Å². The van der Waals surface area contributed by atoms with Crippen molar-refractivity contribution in [2.45, 2.75) is 34.2 Å². The van der Waals surface area contributed by atoms with Gasteiger partial charge in [-0.05, 0) is 51.0 Å². The summed E-state index contributed by atoms with van der Waals surface area (Å²) in [6.45, 7) is 8.26. The standard InChI is InChI=1S/C20H22N2O3S/c1-12-7-13(2)20(14(3)8-12)24-10-19(23)21-9-16-5-6-18(25-16)17-11-26-15(4)22-17/h5-8,11H,9-10H2,1-4H3,(H,21,23). The van der Waals surface area contributed by atoms with Crippen LogP contribution in [-0.2, 0) is 11.3 Å². The number of benzene rings is 1. The Hall–Kier alpha value is -2.60. The Morgan fingerprint density at radius 2 is 1.92 bits per heavy atom. The maximum atomic E-state index is 12.1. The van der Waals surface area contributed by atoms with Crippen LogP contribution < -0.4 is 10.1 Å². The molecule has 3 aromatic rings. The largest absolute Gasteiger partial charge is 0.483 e. The Morgan fingerprint density at radius 1 is 1.19 bits per heavy atom. The van der Waals surface area contributed by atoms with Gasteiger partial charge in [0.2, 0.25) is 0 Å². The van der Waals surface area contributed by atoms with Gasteiger partial charge in [-0.1, -0.05) is 17.7 Å². The molecular formula is C20H22N2O3S. The van der Waals surface area contributed by atoms with Crippen LogP contribution in [0.1, 0.15) is 27.5 Å². The lowest BCUT2D eigenvalue weighted by atomic mass is 10.1. The summed E-state index contributed by atoms with van der Waals surface area (Å²) in [5.74, 6) is 1.97. The van der Waals surface area contributed by atoms with E-state index in [2.05, 4.69) is 10.3 Å². The number of thiazole rings is 1. The van der Waals surface area contributed by atoms with E-state index in [0.29, 0.717) is 18.1 Å². The van der Waals surface area contributed by atoms with Gasteiger partial charge in [0.05, 0.1) is 11.6 Å². The van der Waals surface area contributed by atoms with E-state index in [0.717, 1.165) is 27.6 Å². The Kier molecular flexibility index (Phi) is 5.42. The molecule has 136 valence electrons. The zero-order valence-corrected chi connectivity index (χ0v) is 16.2. The number of carbonyl (C=O) groups is 1. The number of rotatable bonds is 6. The molecule has 0 aliphatic rings. The van der Waals surface area contributed by atoms with Crippen molar-refractivity contribution in [3.8, 4) is 17.2 Å². The van der Waals surface area contributed by atoms with E-state index in [1.165, 1.54) is 5.56 Å². The number of hydrogen-bond donors (Lipinski definition) is 1. The number of hydrogen-bond acceptors (Lipinski definition) is 5. The molecule has 2 heterocycles. The van der Waals surface area contributed by atoms with E-state index in [1.807, 2.05) is 57.3 Å². The predicted molar refractivity (Wildman–Crippen MR) is 103 cm³/mol. The minimum Gasteiger partial charge on any atom is -0.483 e. The Labute approximate surface area is 157 Å². The van der Waals surface area contributed by atoms with Crippen LogP contribution in [0.5, 0.6) is 5.75 Å². The van der Waals surface area contributed by atoms with E-state index in [9.17, 15) is 4.79 Å². The lowest BCUT2D eigenvalue weighted by molar-refractivity contribution is -0.123. The lowest BCUT2D eigenvalue weighted by Crippen LogP contribution is -2.28. The molecule has 0 unspecified atom stereocenters. The summed E-state index contributed by atoms with van der Waals surface area (Å²) in [7, 11) is 0. The van der Waals surface area contributed by atoms with Gasteiger partial charge in [-0.15, -0.1) is 11.3 Å². The van der Waals surface area contributed by atoms with E-state index >= 15 is 0 Å². The monoisotopic (exact) mass is 370 g/mol. The third-order valence-corrected chi connectivity index (χ3v) is 4.72. The number of amides is 1. The van der Waals surface area contributed by atoms with Crippen LogP contribution >= 0.6 is 11.3 Å². The fourth-order valence-electron chi connectivity index (χ4n) is 2.86. The van der Waals surface area contributed by atoms with Crippen molar-refractivity contribution in [3.05, 3.63) is 57.1 Å². The maximum Gasteiger partial charge on any atom is 0.258 e. The topological polar surface area (TPSA) is 64.4 Å². The lowest BCUT2D eigenvalue weighted by Gasteiger charge is -2.12. The second-order valence-electron chi connectivity index (χ2n) is 6.31. The summed E-state index contributed by atoms with van der Waals surface area (Å²) in [6, 6.07) is 7.81. The van der Waals surface area contributed by atoms with Crippen molar-refractivity contribution in [2.24, 2.45) is 0 Å². The van der Waals surface area contributed by atoms with Crippen molar-refractivity contribution in [1.82, 2.24) is 10.3 Å². The first-order valence-corrected chi connectivity index (χ1v) is 9.29. The number of ether oxygens (including phenoxy) is 1. The summed E-state index contributed by atoms with van der Waals surface area (Å²) >= 11 is 1.58. The number of furan rings is 1. The van der Waals surface area contributed by atoms with Crippen LogP contribution in [0.2, 0.25) is 0 Å². The van der Waals surface area contributed by atoms with Gasteiger partial charge < -0.3 is 14.5 Å². The minimum atomic E-state index is -0.188. The molecule has 0 bridgehead atoms. The van der Waals surface area contributed by atoms with Crippen molar-refractivity contribution in [1.29, 1.82) is 0 Å². The molecule has 5 nitrogen and oxygen atoms in total. The van der Waals surface area contributed by atoms with Gasteiger partial charge in [0.25, 0.3) is 5.91 Å². The summed E-state index contributed by atoms with van der Waals surface area (Å²) in [6.07, 6.45) is 0. The summed E-state index contributed by atoms with van der Waals surface area (Å²) in [5.41, 5.74) is 4.06. The quantitative estimate of drug-likeness (QED) is 0.701. The molecule has 0 atom stereocenters. The second-order valence-corrected chi connectivity index (χ2v) is 7.37. The Balaban J connectivity index is 1.53. The molecule has 26 heavy (non-hydrogen) atoms. The van der Waals surface area contributed by atoms with Crippen molar-refractivity contribution in [2.75, 3.05) is 6.61 Å². The maximum absolute atomic E-state index is 12.1. The van der Waals surface area contributed by atoms with Crippen LogP contribution in [0.25, 0.3) is 11.5 Å². The second kappa shape index (κ2) is 7.74. The third kappa shape index (κ3) is 4.32. The van der Waals surface area contributed by atoms with Gasteiger partial charge in [0.15, 0.2) is 12.4 Å². The third-order valence-electron chi connectivity index (χ3n) is 3.95. The molecule has 0 aliphatic carbocycles. The van der Waals surface area contributed by atoms with Gasteiger partial charge in [0.1, 0.15) is 17.2 Å². The number of aromatic nitrogens is 1. The molecule has 6 heteroatoms. The minimum absolute atomic E-state index is 0.0242. The SMILES string of the molecule is Cc1cc(C)c(OCC(=O)NCc2ccc(-c3csc(C)n3)o2)c(C)c1. The molecule has 1 amide bonds. The van der Waals surface area contributed by atoms with E-state index in [1.54, 1.807) is 11.3 Å². The van der Waals surface area contributed by atoms with Gasteiger partial charge in [-0.3, -0.25) is 4.79 Å². The average Bonchev–Trinajstić information content (AvgIpc) is 3.20. The van der Waals surface area contributed by atoms with Crippen LogP contribution in [0.15, 0.2) is 34.1 Å². The van der Waals surface area contributed by atoms with Crippen LogP contribution in [0.3, 0.4) is 0 Å². The summed E-state index contributed by atoms with van der Waals surface area (Å²) < 4.78 is 11.4. The molecule has 0 aliphatic heterocycles. The molecule has 2 aromatic heterocycles. The molecule has 0 spiro atoms. The zero-order chi connectivity index (χ0) is 18.7. The molecule has 0 fully saturated rings. The van der Waals surface area contributed by atoms with Crippen molar-refractivity contribution in [3.63, 3.8) is 0 Å². The van der Waals surface area contributed by atoms with E-state index < -0.39 is 0 Å². The fourth-order valence-corrected chi connectivity index (χ4v) is 3.46. The van der Waals surface area contributed by atoms with Gasteiger partial charge >= 0.3 is 0 Å². The Bertz CT molecular complexity index is 904. The molecule has 1 N–H and O–H groups in total. The molecule has 1 aromatic carbocycles. The van der Waals surface area contributed by atoms with Crippen molar-refractivity contribution < 1.29 is 13.9 Å². The van der Waals surface area contributed by atoms with Gasteiger partial charge in [0, 0.05) is 5.38 Å². The number of carbonyl (C=O) groups excluding carboxylic acids is 1. The highest BCUT2D eigenvalue weighted by Crippen LogP contribution is 2.25. The fraction of sp³-hybridized carbons (Fsp3) is 0.300. The van der Waals surface area contributed by atoms with Gasteiger partial charge in [-0.25, -0.2) is 4.98 Å². The molecular weight excluding hydrogens is 348 g/mol. The normalized spacial score (nSPS) is 10.8. The highest BCUT2D eigenvalue weighted by molar-refractivity contribution is 7.09. The Morgan fingerprint density at radius 3 is 2.58 bits per heavy atom. The zero-order valence-electron chi connectivity index (χ0n) is 15.4. The average molecular weight is 370 g/mol. The molecule has 0 radical (unpaired) electrons. The predicted octanol–water partition coefficient (Wildman–Crippen LogP) is 4.33. The van der Waals surface area contributed by atoms with Crippen LogP contribution in [0.4, 0.5) is 0 Å². The number of aryl methyl sites for hydroxylation is 4. The first-order valence-electron chi connectivity index (χ1n) is 8.41. The molecule has 0 saturated heterocycles. The smallest absolute Gasteiger partial charge is 0.258 e. The highest BCUT2D eigenvalue weighted by atomic mass is 32.1. The molecule has 3 rings (SSSR count). The molecule has 0 saturated carbocycles. The summed E-state index contributed by atoms with van der Waals surface area (Å²) in [5, 5.41) is 5.76. The summed E-state index contributed by atoms with van der Waals surface area (Å²) in [4.78, 5) is 16.5. The van der Waals surface area contributed by atoms with E-state index in [-0.39, 0.29) is 12.5 Å². The number of nitrogens with one attached hydrogen (secondary N) is 1. The van der Waals surface area contributed by atoms with Crippen LogP contribution in [0, 0.1) is 27.7 Å². The van der Waals surface area contributed by atoms with E-state index in [4.69, 9.17) is 9.15 Å². The van der Waals surface area contributed by atoms with Gasteiger partial charge in [-0.2, -0.15) is 0 Å².